The summed E-state index contributed by atoms with van der Waals surface area (Å²) in [6.45, 7) is 0. The largest absolute Gasteiger partial charge is 0.508 e. The van der Waals surface area contributed by atoms with Crippen LogP contribution in [-0.4, -0.2) is 27.1 Å². The lowest BCUT2D eigenvalue weighted by molar-refractivity contribution is -0.115. The van der Waals surface area contributed by atoms with Gasteiger partial charge in [-0.25, -0.2) is 0 Å². The number of hydrogen-bond donors (Lipinski definition) is 5. The van der Waals surface area contributed by atoms with Crippen molar-refractivity contribution < 1.29 is 19.8 Å². The van der Waals surface area contributed by atoms with Gasteiger partial charge in [0.15, 0.2) is 5.11 Å². The summed E-state index contributed by atoms with van der Waals surface area (Å²) in [7, 11) is 0. The monoisotopic (exact) mass is 391 g/mol. The Balaban J connectivity index is 1.83. The Hall–Kier alpha value is -3.10. The number of aromatic hydroxyl groups is 2. The molecule has 26 heavy (non-hydrogen) atoms. The van der Waals surface area contributed by atoms with Gasteiger partial charge in [0.25, 0.3) is 5.91 Å². The second kappa shape index (κ2) is 8.84. The lowest BCUT2D eigenvalue weighted by Crippen LogP contribution is -2.48. The summed E-state index contributed by atoms with van der Waals surface area (Å²) in [5.41, 5.74) is 5.25. The fourth-order valence-corrected chi connectivity index (χ4v) is 2.10. The first kappa shape index (κ1) is 19.2. The van der Waals surface area contributed by atoms with Gasteiger partial charge in [-0.15, -0.1) is 0 Å². The van der Waals surface area contributed by atoms with E-state index in [0.29, 0.717) is 5.02 Å². The highest BCUT2D eigenvalue weighted by Crippen LogP contribution is 2.22. The average Bonchev–Trinajstić information content (AvgIpc) is 2.59. The summed E-state index contributed by atoms with van der Waals surface area (Å²) in [6.07, 6.45) is 2.84. The molecule has 0 fully saturated rings. The second-order valence-electron chi connectivity index (χ2n) is 4.98. The zero-order valence-electron chi connectivity index (χ0n) is 13.2. The van der Waals surface area contributed by atoms with E-state index in [2.05, 4.69) is 16.2 Å². The zero-order chi connectivity index (χ0) is 19.1. The van der Waals surface area contributed by atoms with Crippen molar-refractivity contribution in [1.29, 1.82) is 0 Å². The van der Waals surface area contributed by atoms with Crippen LogP contribution in [0.1, 0.15) is 15.9 Å². The Kier molecular flexibility index (Phi) is 6.54. The first-order valence-corrected chi connectivity index (χ1v) is 8.00. The van der Waals surface area contributed by atoms with E-state index in [0.717, 1.165) is 11.6 Å². The number of carbonyl (C=O) groups is 2. The molecule has 0 spiro atoms. The van der Waals surface area contributed by atoms with Gasteiger partial charge in [0.2, 0.25) is 5.91 Å². The van der Waals surface area contributed by atoms with Gasteiger partial charge < -0.3 is 10.2 Å². The molecule has 2 rings (SSSR count). The number of thiocarbonyl (C=S) groups is 1. The molecule has 0 aliphatic carbocycles. The van der Waals surface area contributed by atoms with Crippen molar-refractivity contribution in [2.45, 2.75) is 0 Å². The minimum absolute atomic E-state index is 0.0768. The predicted molar refractivity (Wildman–Crippen MR) is 102 cm³/mol. The molecule has 0 saturated carbocycles. The van der Waals surface area contributed by atoms with Crippen molar-refractivity contribution in [3.05, 3.63) is 64.7 Å². The van der Waals surface area contributed by atoms with Gasteiger partial charge in [-0.05, 0) is 48.1 Å². The topological polar surface area (TPSA) is 111 Å². The zero-order valence-corrected chi connectivity index (χ0v) is 14.8. The van der Waals surface area contributed by atoms with Gasteiger partial charge in [0, 0.05) is 17.2 Å². The molecule has 134 valence electrons. The quantitative estimate of drug-likeness (QED) is 0.311. The number of nitrogens with one attached hydrogen (secondary N) is 3. The third kappa shape index (κ3) is 5.76. The normalized spacial score (nSPS) is 10.3. The number of hydrogen-bond acceptors (Lipinski definition) is 5. The van der Waals surface area contributed by atoms with Crippen LogP contribution in [0, 0.1) is 0 Å². The molecular formula is C17H14ClN3O4S. The van der Waals surface area contributed by atoms with Crippen molar-refractivity contribution in [1.82, 2.24) is 16.2 Å². The molecule has 0 bridgehead atoms. The Bertz CT molecular complexity index is 869. The van der Waals surface area contributed by atoms with E-state index in [4.69, 9.17) is 23.8 Å². The smallest absolute Gasteiger partial charge is 0.273 e. The molecule has 0 aliphatic rings. The molecule has 0 radical (unpaired) electrons. The Labute approximate surface area is 159 Å². The van der Waals surface area contributed by atoms with Crippen molar-refractivity contribution >= 4 is 46.8 Å². The Morgan fingerprint density at radius 1 is 1.04 bits per heavy atom. The van der Waals surface area contributed by atoms with E-state index in [1.807, 2.05) is 0 Å². The maximum atomic E-state index is 11.9. The fraction of sp³-hybridized carbons (Fsp3) is 0. The van der Waals surface area contributed by atoms with E-state index >= 15 is 0 Å². The van der Waals surface area contributed by atoms with E-state index in [-0.39, 0.29) is 16.4 Å². The van der Waals surface area contributed by atoms with Gasteiger partial charge in [-0.1, -0.05) is 23.7 Å². The van der Waals surface area contributed by atoms with Crippen molar-refractivity contribution in [3.63, 3.8) is 0 Å². The van der Waals surface area contributed by atoms with Crippen LogP contribution in [0.4, 0.5) is 0 Å². The molecule has 2 amide bonds. The summed E-state index contributed by atoms with van der Waals surface area (Å²) in [5.74, 6) is -1.78. The minimum Gasteiger partial charge on any atom is -0.508 e. The number of phenols is 2. The third-order valence-corrected chi connectivity index (χ3v) is 3.51. The number of amides is 2. The van der Waals surface area contributed by atoms with Crippen LogP contribution < -0.4 is 16.2 Å². The van der Waals surface area contributed by atoms with E-state index < -0.39 is 17.6 Å². The van der Waals surface area contributed by atoms with Crippen LogP contribution in [0.3, 0.4) is 0 Å². The molecule has 0 saturated heterocycles. The van der Waals surface area contributed by atoms with Crippen LogP contribution in [-0.2, 0) is 4.79 Å². The number of benzene rings is 2. The SMILES string of the molecule is O=C(/C=C/c1ccc(Cl)cc1)NC(=S)NNC(=O)c1ccc(O)cc1O. The van der Waals surface area contributed by atoms with Crippen LogP contribution in [0.2, 0.25) is 5.02 Å². The van der Waals surface area contributed by atoms with Gasteiger partial charge in [-0.3, -0.25) is 25.8 Å². The van der Waals surface area contributed by atoms with Crippen molar-refractivity contribution in [2.75, 3.05) is 0 Å². The number of hydrazine groups is 1. The molecule has 0 unspecified atom stereocenters. The van der Waals surface area contributed by atoms with Gasteiger partial charge in [0.1, 0.15) is 11.5 Å². The number of phenolic OH excluding ortho intramolecular Hbond substituents is 2. The molecule has 0 atom stereocenters. The summed E-state index contributed by atoms with van der Waals surface area (Å²) in [6, 6.07) is 10.4. The molecule has 9 heteroatoms. The van der Waals surface area contributed by atoms with E-state index in [1.54, 1.807) is 30.3 Å². The minimum atomic E-state index is -0.698. The summed E-state index contributed by atoms with van der Waals surface area (Å²) < 4.78 is 0. The average molecular weight is 392 g/mol. The lowest BCUT2D eigenvalue weighted by atomic mass is 10.2. The highest BCUT2D eigenvalue weighted by atomic mass is 35.5. The Morgan fingerprint density at radius 3 is 2.38 bits per heavy atom. The van der Waals surface area contributed by atoms with Gasteiger partial charge in [-0.2, -0.15) is 0 Å². The van der Waals surface area contributed by atoms with Crippen molar-refractivity contribution in [2.24, 2.45) is 0 Å². The predicted octanol–water partition coefficient (Wildman–Crippen LogP) is 2.10. The molecule has 2 aromatic rings. The van der Waals surface area contributed by atoms with Crippen LogP contribution >= 0.6 is 23.8 Å². The highest BCUT2D eigenvalue weighted by molar-refractivity contribution is 7.80. The van der Waals surface area contributed by atoms with Crippen LogP contribution in [0.15, 0.2) is 48.5 Å². The first-order valence-electron chi connectivity index (χ1n) is 7.22. The molecule has 0 aromatic heterocycles. The number of halogens is 1. The molecule has 0 heterocycles. The highest BCUT2D eigenvalue weighted by Gasteiger charge is 2.12. The van der Waals surface area contributed by atoms with Crippen LogP contribution in [0.5, 0.6) is 11.5 Å². The van der Waals surface area contributed by atoms with Crippen molar-refractivity contribution in [3.8, 4) is 11.5 Å². The third-order valence-electron chi connectivity index (χ3n) is 3.05. The standard InChI is InChI=1S/C17H14ClN3O4S/c18-11-4-1-10(2-5-11)3-8-15(24)19-17(26)21-20-16(25)13-7-6-12(22)9-14(13)23/h1-9,22-23H,(H,20,25)(H2,19,21,24,26)/b8-3+. The lowest BCUT2D eigenvalue weighted by Gasteiger charge is -2.10. The molecular weight excluding hydrogens is 378 g/mol. The summed E-state index contributed by atoms with van der Waals surface area (Å²) in [4.78, 5) is 23.7. The molecule has 7 nitrogen and oxygen atoms in total. The number of carbonyl (C=O) groups excluding carboxylic acids is 2. The first-order chi connectivity index (χ1) is 12.3. The van der Waals surface area contributed by atoms with Gasteiger partial charge in [0.05, 0.1) is 5.56 Å². The molecule has 2 aromatic carbocycles. The molecule has 5 N–H and O–H groups in total. The molecule has 0 aliphatic heterocycles. The summed E-state index contributed by atoms with van der Waals surface area (Å²) in [5, 5.41) is 21.6. The van der Waals surface area contributed by atoms with E-state index in [9.17, 15) is 19.8 Å². The summed E-state index contributed by atoms with van der Waals surface area (Å²) >= 11 is 10.7. The maximum Gasteiger partial charge on any atom is 0.273 e. The Morgan fingerprint density at radius 2 is 1.73 bits per heavy atom. The maximum absolute atomic E-state index is 11.9. The number of rotatable bonds is 3. The fourth-order valence-electron chi connectivity index (χ4n) is 1.82. The van der Waals surface area contributed by atoms with Crippen LogP contribution in [0.25, 0.3) is 6.08 Å². The van der Waals surface area contributed by atoms with Gasteiger partial charge >= 0.3 is 0 Å². The van der Waals surface area contributed by atoms with E-state index in [1.165, 1.54) is 18.2 Å². The second-order valence-corrected chi connectivity index (χ2v) is 5.83.